The molecule has 17 heavy (non-hydrogen) atoms. The molecule has 0 rings (SSSR count). The summed E-state index contributed by atoms with van der Waals surface area (Å²) in [5.41, 5.74) is 10.2. The molecule has 6 heteroatoms. The Morgan fingerprint density at radius 1 is 1.24 bits per heavy atom. The van der Waals surface area contributed by atoms with Crippen LogP contribution in [0.2, 0.25) is 0 Å². The number of hydrogen-bond acceptors (Lipinski definition) is 4. The summed E-state index contributed by atoms with van der Waals surface area (Å²) in [5.74, 6) is 0.266. The maximum Gasteiger partial charge on any atom is 0.185 e. The third-order valence-corrected chi connectivity index (χ3v) is 2.38. The molecule has 0 saturated carbocycles. The summed E-state index contributed by atoms with van der Waals surface area (Å²) < 4.78 is 0. The highest BCUT2D eigenvalue weighted by Crippen LogP contribution is 2.15. The Bertz CT molecular complexity index is 276. The van der Waals surface area contributed by atoms with E-state index in [4.69, 9.17) is 11.5 Å². The second kappa shape index (κ2) is 6.56. The highest BCUT2D eigenvalue weighted by Gasteiger charge is 2.24. The average molecular weight is 243 g/mol. The van der Waals surface area contributed by atoms with E-state index in [2.05, 4.69) is 4.99 Å². The first-order valence-corrected chi connectivity index (χ1v) is 5.65. The minimum atomic E-state index is -0.329. The van der Waals surface area contributed by atoms with Crippen LogP contribution < -0.4 is 11.5 Å². The van der Waals surface area contributed by atoms with E-state index in [9.17, 15) is 4.79 Å². The lowest BCUT2D eigenvalue weighted by Crippen LogP contribution is -2.45. The number of ketones is 1. The molecule has 4 N–H and O–H groups in total. The summed E-state index contributed by atoms with van der Waals surface area (Å²) in [6.07, 6.45) is 0. The van der Waals surface area contributed by atoms with Gasteiger partial charge >= 0.3 is 0 Å². The van der Waals surface area contributed by atoms with E-state index in [-0.39, 0.29) is 17.2 Å². The molecule has 0 spiro atoms. The Kier molecular flexibility index (Phi) is 6.12. The van der Waals surface area contributed by atoms with E-state index < -0.39 is 0 Å². The molecule has 0 aliphatic heterocycles. The van der Waals surface area contributed by atoms with Gasteiger partial charge in [-0.25, -0.2) is 10.0 Å². The van der Waals surface area contributed by atoms with Gasteiger partial charge in [0.15, 0.2) is 11.7 Å². The highest BCUT2D eigenvalue weighted by molar-refractivity contribution is 5.85. The van der Waals surface area contributed by atoms with Crippen molar-refractivity contribution in [2.75, 3.05) is 33.7 Å². The Morgan fingerprint density at radius 3 is 2.12 bits per heavy atom. The van der Waals surface area contributed by atoms with Crippen LogP contribution in [0.25, 0.3) is 0 Å². The van der Waals surface area contributed by atoms with Crippen LogP contribution in [0, 0.1) is 5.41 Å². The van der Waals surface area contributed by atoms with Gasteiger partial charge in [0.2, 0.25) is 0 Å². The second-order valence-electron chi connectivity index (χ2n) is 5.22. The van der Waals surface area contributed by atoms with Crippen LogP contribution in [-0.4, -0.2) is 55.5 Å². The topological polar surface area (TPSA) is 87.9 Å². The Balaban J connectivity index is 4.36. The van der Waals surface area contributed by atoms with Gasteiger partial charge in [0.25, 0.3) is 0 Å². The number of guanidine groups is 1. The summed E-state index contributed by atoms with van der Waals surface area (Å²) in [6.45, 7) is 7.22. The third-order valence-electron chi connectivity index (χ3n) is 2.38. The number of rotatable bonds is 6. The zero-order chi connectivity index (χ0) is 13.6. The van der Waals surface area contributed by atoms with E-state index in [0.717, 1.165) is 0 Å². The number of carbonyl (C=O) groups excluding carboxylic acids is 1. The number of nitrogens with zero attached hydrogens (tertiary/aromatic N) is 3. The van der Waals surface area contributed by atoms with Crippen molar-refractivity contribution >= 4 is 11.7 Å². The van der Waals surface area contributed by atoms with E-state index in [1.165, 1.54) is 0 Å². The molecule has 0 aliphatic rings. The predicted molar refractivity (Wildman–Crippen MR) is 70.4 cm³/mol. The van der Waals surface area contributed by atoms with Crippen LogP contribution >= 0.6 is 0 Å². The number of carbonyl (C=O) groups is 1. The molecule has 0 amide bonds. The second-order valence-corrected chi connectivity index (χ2v) is 5.22. The van der Waals surface area contributed by atoms with Gasteiger partial charge in [-0.05, 0) is 0 Å². The summed E-state index contributed by atoms with van der Waals surface area (Å²) in [5, 5.41) is 3.80. The maximum atomic E-state index is 11.9. The van der Waals surface area contributed by atoms with Crippen molar-refractivity contribution in [3.05, 3.63) is 0 Å². The van der Waals surface area contributed by atoms with Crippen molar-refractivity contribution in [3.63, 3.8) is 0 Å². The van der Waals surface area contributed by atoms with Crippen molar-refractivity contribution in [1.82, 2.24) is 10.0 Å². The largest absolute Gasteiger partial charge is 0.370 e. The molecule has 100 valence electrons. The zero-order valence-corrected chi connectivity index (χ0v) is 11.5. The van der Waals surface area contributed by atoms with Crippen LogP contribution in [0.5, 0.6) is 0 Å². The molecule has 0 aromatic heterocycles. The molecule has 0 atom stereocenters. The SMILES string of the molecule is CN(C)N(CCN=C(N)N)CC(=O)C(C)(C)C. The van der Waals surface area contributed by atoms with Crippen molar-refractivity contribution in [1.29, 1.82) is 0 Å². The fraction of sp³-hybridized carbons (Fsp3) is 0.818. The Morgan fingerprint density at radius 2 is 1.76 bits per heavy atom. The van der Waals surface area contributed by atoms with Crippen molar-refractivity contribution in [2.24, 2.45) is 21.9 Å². The number of hydrazine groups is 1. The van der Waals surface area contributed by atoms with Crippen LogP contribution in [0.1, 0.15) is 20.8 Å². The Labute approximate surface area is 104 Å². The molecule has 0 aliphatic carbocycles. The fourth-order valence-corrected chi connectivity index (χ4v) is 1.12. The molecule has 0 unspecified atom stereocenters. The van der Waals surface area contributed by atoms with Gasteiger partial charge in [-0.2, -0.15) is 0 Å². The van der Waals surface area contributed by atoms with Crippen LogP contribution in [0.3, 0.4) is 0 Å². The number of nitrogens with two attached hydrogens (primary N) is 2. The first-order chi connectivity index (χ1) is 7.64. The molecule has 0 aromatic rings. The lowest BCUT2D eigenvalue weighted by molar-refractivity contribution is -0.131. The normalized spacial score (nSPS) is 11.9. The summed E-state index contributed by atoms with van der Waals surface area (Å²) in [7, 11) is 3.79. The number of hydrogen-bond donors (Lipinski definition) is 2. The van der Waals surface area contributed by atoms with Crippen molar-refractivity contribution in [3.8, 4) is 0 Å². The molecular formula is C11H25N5O. The lowest BCUT2D eigenvalue weighted by atomic mass is 9.91. The van der Waals surface area contributed by atoms with Gasteiger partial charge in [0.1, 0.15) is 0 Å². The lowest BCUT2D eigenvalue weighted by Gasteiger charge is -2.30. The molecular weight excluding hydrogens is 218 g/mol. The van der Waals surface area contributed by atoms with Gasteiger partial charge in [-0.15, -0.1) is 0 Å². The smallest absolute Gasteiger partial charge is 0.185 e. The van der Waals surface area contributed by atoms with Crippen LogP contribution in [-0.2, 0) is 4.79 Å². The van der Waals surface area contributed by atoms with Crippen LogP contribution in [0.4, 0.5) is 0 Å². The minimum absolute atomic E-state index is 0.0749. The van der Waals surface area contributed by atoms with Gasteiger partial charge in [-0.3, -0.25) is 9.79 Å². The first-order valence-electron chi connectivity index (χ1n) is 5.65. The molecule has 0 heterocycles. The predicted octanol–water partition coefficient (Wildman–Crippen LogP) is -0.346. The average Bonchev–Trinajstić information content (AvgIpc) is 2.13. The van der Waals surface area contributed by atoms with Gasteiger partial charge in [-0.1, -0.05) is 20.8 Å². The number of Topliss-reactive ketones (excluding diaryl/α,β-unsaturated/α-hetero) is 1. The molecule has 6 nitrogen and oxygen atoms in total. The summed E-state index contributed by atoms with van der Waals surface area (Å²) in [6, 6.07) is 0. The first kappa shape index (κ1) is 15.9. The van der Waals surface area contributed by atoms with E-state index >= 15 is 0 Å². The monoisotopic (exact) mass is 243 g/mol. The summed E-state index contributed by atoms with van der Waals surface area (Å²) >= 11 is 0. The summed E-state index contributed by atoms with van der Waals surface area (Å²) in [4.78, 5) is 15.8. The molecule has 0 fully saturated rings. The van der Waals surface area contributed by atoms with Crippen molar-refractivity contribution in [2.45, 2.75) is 20.8 Å². The molecule has 0 saturated heterocycles. The molecule has 0 bridgehead atoms. The van der Waals surface area contributed by atoms with Gasteiger partial charge in [0, 0.05) is 26.1 Å². The van der Waals surface area contributed by atoms with E-state index in [1.807, 2.05) is 44.9 Å². The number of aliphatic imine (C=N–C) groups is 1. The van der Waals surface area contributed by atoms with Crippen molar-refractivity contribution < 1.29 is 4.79 Å². The van der Waals surface area contributed by atoms with Gasteiger partial charge in [0.05, 0.1) is 13.1 Å². The zero-order valence-electron chi connectivity index (χ0n) is 11.5. The maximum absolute atomic E-state index is 11.9. The molecule has 0 aromatic carbocycles. The Hall–Kier alpha value is -1.14. The van der Waals surface area contributed by atoms with E-state index in [0.29, 0.717) is 19.6 Å². The standard InChI is InChI=1S/C11H25N5O/c1-11(2,3)9(17)8-16(15(4)5)7-6-14-10(12)13/h6-8H2,1-5H3,(H4,12,13,14). The van der Waals surface area contributed by atoms with E-state index in [1.54, 1.807) is 0 Å². The minimum Gasteiger partial charge on any atom is -0.370 e. The quantitative estimate of drug-likeness (QED) is 0.378. The van der Waals surface area contributed by atoms with Gasteiger partial charge < -0.3 is 11.5 Å². The molecule has 0 radical (unpaired) electrons. The highest BCUT2D eigenvalue weighted by atomic mass is 16.1. The van der Waals surface area contributed by atoms with Crippen LogP contribution in [0.15, 0.2) is 4.99 Å². The fourth-order valence-electron chi connectivity index (χ4n) is 1.12. The third kappa shape index (κ3) is 6.91.